The predicted molar refractivity (Wildman–Crippen MR) is 164 cm³/mol. The Morgan fingerprint density at radius 1 is 0.389 bits per heavy atom. The largest absolute Gasteiger partial charge is 0.300 e. The van der Waals surface area contributed by atoms with Crippen LogP contribution in [0, 0.1) is 0 Å². The van der Waals surface area contributed by atoms with Crippen molar-refractivity contribution in [1.82, 2.24) is 0 Å². The number of hydrogen-bond donors (Lipinski definition) is 0. The van der Waals surface area contributed by atoms with Gasteiger partial charge in [0, 0.05) is 6.42 Å². The van der Waals surface area contributed by atoms with Crippen LogP contribution in [0.4, 0.5) is 0 Å². The van der Waals surface area contributed by atoms with E-state index in [-0.39, 0.29) is 0 Å². The molecule has 0 saturated carbocycles. The van der Waals surface area contributed by atoms with E-state index in [0.29, 0.717) is 5.78 Å². The Kier molecular flexibility index (Phi) is 31.4. The molecule has 0 aromatic carbocycles. The highest BCUT2D eigenvalue weighted by Gasteiger charge is 1.95. The number of unbranched alkanes of at least 4 members (excludes halogenated alkanes) is 24. The van der Waals surface area contributed by atoms with E-state index in [0.717, 1.165) is 19.3 Å². The van der Waals surface area contributed by atoms with Crippen molar-refractivity contribution in [3.05, 3.63) is 24.3 Å². The van der Waals surface area contributed by atoms with Gasteiger partial charge in [-0.2, -0.15) is 0 Å². The SMILES string of the molecule is CCCCCCCC/C=C/CCCCCCCCCCCCCCCCCC/C=C/CCCC(C)=O. The van der Waals surface area contributed by atoms with Gasteiger partial charge >= 0.3 is 0 Å². The molecule has 0 aliphatic carbocycles. The Morgan fingerprint density at radius 2 is 0.639 bits per heavy atom. The van der Waals surface area contributed by atoms with Gasteiger partial charge in [-0.05, 0) is 58.3 Å². The minimum atomic E-state index is 0.317. The molecule has 0 aliphatic rings. The van der Waals surface area contributed by atoms with Gasteiger partial charge in [0.1, 0.15) is 5.78 Å². The fraction of sp³-hybridized carbons (Fsp3) is 0.857. The van der Waals surface area contributed by atoms with E-state index in [9.17, 15) is 4.79 Å². The molecule has 0 spiro atoms. The molecule has 0 bridgehead atoms. The second-order valence-corrected chi connectivity index (χ2v) is 11.3. The van der Waals surface area contributed by atoms with Gasteiger partial charge in [0.05, 0.1) is 0 Å². The lowest BCUT2D eigenvalue weighted by Crippen LogP contribution is -1.87. The molecular weight excluding hydrogens is 436 g/mol. The van der Waals surface area contributed by atoms with Crippen molar-refractivity contribution in [1.29, 1.82) is 0 Å². The predicted octanol–water partition coefficient (Wildman–Crippen LogP) is 12.6. The number of Topliss-reactive ketones (excluding diaryl/α,β-unsaturated/α-hetero) is 1. The molecule has 0 unspecified atom stereocenters. The van der Waals surface area contributed by atoms with Gasteiger partial charge in [0.25, 0.3) is 0 Å². The molecule has 0 amide bonds. The van der Waals surface area contributed by atoms with Crippen LogP contribution < -0.4 is 0 Å². The van der Waals surface area contributed by atoms with E-state index in [4.69, 9.17) is 0 Å². The van der Waals surface area contributed by atoms with Crippen LogP contribution in [0.1, 0.15) is 194 Å². The lowest BCUT2D eigenvalue weighted by molar-refractivity contribution is -0.117. The average Bonchev–Trinajstić information content (AvgIpc) is 2.87. The normalized spacial score (nSPS) is 11.8. The number of hydrogen-bond acceptors (Lipinski definition) is 1. The quantitative estimate of drug-likeness (QED) is 0.0704. The van der Waals surface area contributed by atoms with Crippen LogP contribution in [-0.2, 0) is 4.79 Å². The number of allylic oxidation sites excluding steroid dienone is 4. The van der Waals surface area contributed by atoms with Crippen molar-refractivity contribution in [2.75, 3.05) is 0 Å². The van der Waals surface area contributed by atoms with Crippen LogP contribution in [0.25, 0.3) is 0 Å². The van der Waals surface area contributed by atoms with E-state index in [1.165, 1.54) is 161 Å². The Bertz CT molecular complexity index is 475. The summed E-state index contributed by atoms with van der Waals surface area (Å²) in [5.41, 5.74) is 0. The summed E-state index contributed by atoms with van der Waals surface area (Å²) in [7, 11) is 0. The third kappa shape index (κ3) is 33.1. The molecular formula is C35H66O. The summed E-state index contributed by atoms with van der Waals surface area (Å²) in [5.74, 6) is 0.317. The van der Waals surface area contributed by atoms with Crippen LogP contribution in [0.5, 0.6) is 0 Å². The smallest absolute Gasteiger partial charge is 0.129 e. The molecule has 0 saturated heterocycles. The maximum atomic E-state index is 10.9. The molecule has 0 N–H and O–H groups in total. The molecule has 0 fully saturated rings. The molecule has 0 aromatic heterocycles. The fourth-order valence-electron chi connectivity index (χ4n) is 4.98. The van der Waals surface area contributed by atoms with Crippen molar-refractivity contribution < 1.29 is 4.79 Å². The molecule has 212 valence electrons. The van der Waals surface area contributed by atoms with Crippen LogP contribution in [-0.4, -0.2) is 5.78 Å². The van der Waals surface area contributed by atoms with Gasteiger partial charge in [-0.3, -0.25) is 0 Å². The first-order valence-electron chi connectivity index (χ1n) is 16.6. The van der Waals surface area contributed by atoms with Crippen molar-refractivity contribution in [2.45, 2.75) is 194 Å². The molecule has 0 aromatic rings. The number of carbonyl (C=O) groups is 1. The molecule has 0 rings (SSSR count). The van der Waals surface area contributed by atoms with Crippen LogP contribution >= 0.6 is 0 Å². The lowest BCUT2D eigenvalue weighted by atomic mass is 10.0. The van der Waals surface area contributed by atoms with Crippen molar-refractivity contribution in [3.8, 4) is 0 Å². The maximum absolute atomic E-state index is 10.9. The molecule has 0 atom stereocenters. The first kappa shape index (κ1) is 35.2. The van der Waals surface area contributed by atoms with E-state index in [1.807, 2.05) is 0 Å². The number of ketones is 1. The summed E-state index contributed by atoms with van der Waals surface area (Å²) in [5, 5.41) is 0. The molecule has 1 nitrogen and oxygen atoms in total. The van der Waals surface area contributed by atoms with E-state index in [1.54, 1.807) is 6.92 Å². The van der Waals surface area contributed by atoms with Gasteiger partial charge in [0.2, 0.25) is 0 Å². The third-order valence-electron chi connectivity index (χ3n) is 7.45. The minimum Gasteiger partial charge on any atom is -0.300 e. The van der Waals surface area contributed by atoms with Crippen LogP contribution in [0.2, 0.25) is 0 Å². The zero-order valence-corrected chi connectivity index (χ0v) is 25.0. The molecule has 0 radical (unpaired) electrons. The maximum Gasteiger partial charge on any atom is 0.129 e. The Labute approximate surface area is 228 Å². The van der Waals surface area contributed by atoms with Crippen molar-refractivity contribution in [2.24, 2.45) is 0 Å². The van der Waals surface area contributed by atoms with Gasteiger partial charge in [-0.25, -0.2) is 0 Å². The zero-order valence-electron chi connectivity index (χ0n) is 25.0. The summed E-state index contributed by atoms with van der Waals surface area (Å²) in [4.78, 5) is 10.9. The fourth-order valence-corrected chi connectivity index (χ4v) is 4.98. The topological polar surface area (TPSA) is 17.1 Å². The second kappa shape index (κ2) is 32.2. The van der Waals surface area contributed by atoms with Gasteiger partial charge in [-0.15, -0.1) is 0 Å². The lowest BCUT2D eigenvalue weighted by Gasteiger charge is -2.03. The summed E-state index contributed by atoms with van der Waals surface area (Å²) >= 11 is 0. The Morgan fingerprint density at radius 3 is 0.917 bits per heavy atom. The third-order valence-corrected chi connectivity index (χ3v) is 7.45. The highest BCUT2D eigenvalue weighted by Crippen LogP contribution is 2.15. The van der Waals surface area contributed by atoms with Gasteiger partial charge in [0.15, 0.2) is 0 Å². The standard InChI is InChI=1S/C35H66O/c1-3-4-5-6-7-8-9-10-11-12-13-14-15-16-17-18-19-20-21-22-23-24-25-26-27-28-29-30-31-32-33-34-35(2)36/h10-11,30-31H,3-9,12-29,32-34H2,1-2H3/b11-10+,31-30+. The van der Waals surface area contributed by atoms with E-state index >= 15 is 0 Å². The summed E-state index contributed by atoms with van der Waals surface area (Å²) in [6, 6.07) is 0. The minimum absolute atomic E-state index is 0.317. The van der Waals surface area contributed by atoms with E-state index in [2.05, 4.69) is 31.2 Å². The summed E-state index contributed by atoms with van der Waals surface area (Å²) in [6.45, 7) is 3.98. The van der Waals surface area contributed by atoms with Gasteiger partial charge in [-0.1, -0.05) is 153 Å². The van der Waals surface area contributed by atoms with Crippen molar-refractivity contribution in [3.63, 3.8) is 0 Å². The zero-order chi connectivity index (χ0) is 26.2. The number of carbonyl (C=O) groups excluding carboxylic acids is 1. The first-order valence-corrected chi connectivity index (χ1v) is 16.6. The summed E-state index contributed by atoms with van der Waals surface area (Å²) in [6.07, 6.45) is 47.5. The Balaban J connectivity index is 3.10. The second-order valence-electron chi connectivity index (χ2n) is 11.3. The molecule has 36 heavy (non-hydrogen) atoms. The molecule has 0 heterocycles. The first-order chi connectivity index (χ1) is 17.8. The van der Waals surface area contributed by atoms with Crippen molar-refractivity contribution >= 4 is 5.78 Å². The van der Waals surface area contributed by atoms with Crippen LogP contribution in [0.3, 0.4) is 0 Å². The summed E-state index contributed by atoms with van der Waals surface area (Å²) < 4.78 is 0. The highest BCUT2D eigenvalue weighted by molar-refractivity contribution is 5.75. The molecule has 0 aliphatic heterocycles. The number of rotatable bonds is 30. The van der Waals surface area contributed by atoms with E-state index < -0.39 is 0 Å². The molecule has 1 heteroatoms. The monoisotopic (exact) mass is 503 g/mol. The Hall–Kier alpha value is -0.850. The van der Waals surface area contributed by atoms with Gasteiger partial charge < -0.3 is 4.79 Å². The highest BCUT2D eigenvalue weighted by atomic mass is 16.1. The average molecular weight is 503 g/mol. The van der Waals surface area contributed by atoms with Crippen LogP contribution in [0.15, 0.2) is 24.3 Å².